The van der Waals surface area contributed by atoms with Crippen LogP contribution in [0.5, 0.6) is 0 Å². The van der Waals surface area contributed by atoms with Gasteiger partial charge in [0, 0.05) is 31.4 Å². The van der Waals surface area contributed by atoms with Crippen LogP contribution in [0.1, 0.15) is 52.5 Å². The van der Waals surface area contributed by atoms with Crippen molar-refractivity contribution in [3.8, 4) is 0 Å². The maximum Gasteiger partial charge on any atom is 0.166 e. The van der Waals surface area contributed by atoms with E-state index in [1.165, 1.54) is 6.42 Å². The van der Waals surface area contributed by atoms with Crippen LogP contribution in [0.4, 0.5) is 11.6 Å². The van der Waals surface area contributed by atoms with E-state index in [2.05, 4.69) is 25.0 Å². The SMILES string of the molecule is Nc1ccc2c(n1)CC[C@H]2CC(=O)c1cnn(Cc2cnc(N3CC4CC4C3)cn2)c1. The lowest BCUT2D eigenvalue weighted by molar-refractivity contribution is 0.0973. The van der Waals surface area contributed by atoms with Crippen LogP contribution in [0, 0.1) is 11.8 Å². The quantitative estimate of drug-likeness (QED) is 0.617. The molecule has 6 rings (SSSR count). The summed E-state index contributed by atoms with van der Waals surface area (Å²) in [6, 6.07) is 3.83. The Morgan fingerprint density at radius 1 is 1.13 bits per heavy atom. The van der Waals surface area contributed by atoms with Crippen LogP contribution < -0.4 is 10.6 Å². The standard InChI is InChI=1S/C23H25N7O/c24-22-4-2-19-14(1-3-20(19)28-22)6-21(31)17-7-27-30(12-17)13-18-8-26-23(9-25-18)29-10-15-5-16(15)11-29/h2,4,7-9,12,14-16H,1,3,5-6,10-11,13H2,(H2,24,28)/t14-,15?,16?/m0/s1. The number of carbonyl (C=O) groups is 1. The minimum Gasteiger partial charge on any atom is -0.384 e. The molecule has 3 aromatic heterocycles. The van der Waals surface area contributed by atoms with Gasteiger partial charge in [-0.15, -0.1) is 0 Å². The molecule has 8 heteroatoms. The van der Waals surface area contributed by atoms with Gasteiger partial charge in [-0.1, -0.05) is 6.07 Å². The molecule has 3 aromatic rings. The van der Waals surface area contributed by atoms with Crippen LogP contribution in [0.15, 0.2) is 36.9 Å². The van der Waals surface area contributed by atoms with Gasteiger partial charge in [-0.3, -0.25) is 14.5 Å². The second-order valence-electron chi connectivity index (χ2n) is 9.09. The van der Waals surface area contributed by atoms with Crippen molar-refractivity contribution in [1.29, 1.82) is 0 Å². The average molecular weight is 416 g/mol. The fraction of sp³-hybridized carbons (Fsp3) is 0.435. The molecular formula is C23H25N7O. The van der Waals surface area contributed by atoms with E-state index in [-0.39, 0.29) is 11.7 Å². The van der Waals surface area contributed by atoms with Gasteiger partial charge in [-0.2, -0.15) is 5.10 Å². The van der Waals surface area contributed by atoms with E-state index >= 15 is 0 Å². The average Bonchev–Trinajstić information content (AvgIpc) is 3.14. The number of hydrogen-bond donors (Lipinski definition) is 1. The van der Waals surface area contributed by atoms with Gasteiger partial charge in [0.05, 0.1) is 36.4 Å². The first kappa shape index (κ1) is 18.5. The number of rotatable bonds is 6. The highest BCUT2D eigenvalue weighted by Gasteiger charge is 2.45. The van der Waals surface area contributed by atoms with Crippen LogP contribution in [-0.4, -0.2) is 43.6 Å². The summed E-state index contributed by atoms with van der Waals surface area (Å²) < 4.78 is 1.76. The van der Waals surface area contributed by atoms with Crippen molar-refractivity contribution >= 4 is 17.4 Å². The third-order valence-corrected chi connectivity index (χ3v) is 6.91. The lowest BCUT2D eigenvalue weighted by atomic mass is 9.95. The molecule has 1 aliphatic heterocycles. The second-order valence-corrected chi connectivity index (χ2v) is 9.09. The van der Waals surface area contributed by atoms with E-state index in [1.54, 1.807) is 10.9 Å². The molecule has 4 heterocycles. The first-order chi connectivity index (χ1) is 15.1. The summed E-state index contributed by atoms with van der Waals surface area (Å²) in [6.07, 6.45) is 10.8. The van der Waals surface area contributed by atoms with Crippen molar-refractivity contribution in [2.75, 3.05) is 23.7 Å². The number of aryl methyl sites for hydroxylation is 1. The van der Waals surface area contributed by atoms with Gasteiger partial charge in [0.2, 0.25) is 0 Å². The molecule has 31 heavy (non-hydrogen) atoms. The third-order valence-electron chi connectivity index (χ3n) is 6.91. The van der Waals surface area contributed by atoms with Crippen molar-refractivity contribution in [3.05, 3.63) is 59.4 Å². The Hall–Kier alpha value is -3.29. The molecule has 0 aromatic carbocycles. The number of Topliss-reactive ketones (excluding diaryl/α,β-unsaturated/α-hetero) is 1. The van der Waals surface area contributed by atoms with Crippen LogP contribution in [0.3, 0.4) is 0 Å². The molecule has 1 saturated heterocycles. The van der Waals surface area contributed by atoms with Gasteiger partial charge in [0.25, 0.3) is 0 Å². The highest BCUT2D eigenvalue weighted by molar-refractivity contribution is 5.96. The van der Waals surface area contributed by atoms with E-state index in [0.29, 0.717) is 24.3 Å². The smallest absolute Gasteiger partial charge is 0.166 e. The Labute approximate surface area is 180 Å². The lowest BCUT2D eigenvalue weighted by Gasteiger charge is -2.18. The van der Waals surface area contributed by atoms with E-state index < -0.39 is 0 Å². The molecule has 3 atom stereocenters. The number of nitrogens with two attached hydrogens (primary N) is 1. The van der Waals surface area contributed by atoms with Gasteiger partial charge < -0.3 is 10.6 Å². The molecule has 0 spiro atoms. The van der Waals surface area contributed by atoms with Crippen molar-refractivity contribution in [2.24, 2.45) is 11.8 Å². The zero-order valence-corrected chi connectivity index (χ0v) is 17.3. The minimum absolute atomic E-state index is 0.106. The summed E-state index contributed by atoms with van der Waals surface area (Å²) in [5.41, 5.74) is 9.44. The molecule has 2 unspecified atom stereocenters. The maximum absolute atomic E-state index is 12.8. The number of pyridine rings is 1. The molecule has 3 aliphatic rings. The van der Waals surface area contributed by atoms with Crippen LogP contribution in [-0.2, 0) is 13.0 Å². The van der Waals surface area contributed by atoms with Crippen molar-refractivity contribution in [1.82, 2.24) is 24.7 Å². The molecule has 0 amide bonds. The number of ketones is 1. The fourth-order valence-electron chi connectivity index (χ4n) is 5.06. The van der Waals surface area contributed by atoms with Gasteiger partial charge in [-0.05, 0) is 48.6 Å². The highest BCUT2D eigenvalue weighted by Crippen LogP contribution is 2.45. The predicted molar refractivity (Wildman–Crippen MR) is 116 cm³/mol. The predicted octanol–water partition coefficient (Wildman–Crippen LogP) is 2.46. The van der Waals surface area contributed by atoms with Gasteiger partial charge in [0.15, 0.2) is 5.78 Å². The number of nitrogens with zero attached hydrogens (tertiary/aromatic N) is 6. The van der Waals surface area contributed by atoms with Gasteiger partial charge >= 0.3 is 0 Å². The zero-order chi connectivity index (χ0) is 20.9. The summed E-state index contributed by atoms with van der Waals surface area (Å²) in [4.78, 5) is 28.7. The molecule has 2 aliphatic carbocycles. The molecule has 8 nitrogen and oxygen atoms in total. The van der Waals surface area contributed by atoms with Crippen LogP contribution in [0.2, 0.25) is 0 Å². The summed E-state index contributed by atoms with van der Waals surface area (Å²) in [6.45, 7) is 2.72. The van der Waals surface area contributed by atoms with Crippen molar-refractivity contribution < 1.29 is 4.79 Å². The van der Waals surface area contributed by atoms with Crippen LogP contribution >= 0.6 is 0 Å². The summed E-state index contributed by atoms with van der Waals surface area (Å²) in [7, 11) is 0. The molecule has 158 valence electrons. The summed E-state index contributed by atoms with van der Waals surface area (Å²) in [5, 5.41) is 4.37. The fourth-order valence-corrected chi connectivity index (χ4v) is 5.06. The van der Waals surface area contributed by atoms with E-state index in [9.17, 15) is 4.79 Å². The van der Waals surface area contributed by atoms with Gasteiger partial charge in [-0.25, -0.2) is 9.97 Å². The number of nitrogen functional groups attached to an aromatic ring is 1. The molecule has 1 saturated carbocycles. The number of piperidine rings is 1. The molecule has 0 radical (unpaired) electrons. The Morgan fingerprint density at radius 2 is 2.00 bits per heavy atom. The topological polar surface area (TPSA) is 103 Å². The Kier molecular flexibility index (Phi) is 4.26. The van der Waals surface area contributed by atoms with Crippen molar-refractivity contribution in [2.45, 2.75) is 38.1 Å². The number of carbonyl (C=O) groups excluding carboxylic acids is 1. The van der Waals surface area contributed by atoms with Crippen LogP contribution in [0.25, 0.3) is 0 Å². The molecule has 2 N–H and O–H groups in total. The third kappa shape index (κ3) is 3.56. The Bertz CT molecular complexity index is 1130. The number of anilines is 2. The Balaban J connectivity index is 1.09. The zero-order valence-electron chi connectivity index (χ0n) is 17.3. The number of fused-ring (bicyclic) bond motifs is 2. The summed E-state index contributed by atoms with van der Waals surface area (Å²) >= 11 is 0. The largest absolute Gasteiger partial charge is 0.384 e. The molecular weight excluding hydrogens is 390 g/mol. The normalized spacial score (nSPS) is 23.6. The lowest BCUT2D eigenvalue weighted by Crippen LogP contribution is -2.23. The van der Waals surface area contributed by atoms with Gasteiger partial charge in [0.1, 0.15) is 11.6 Å². The van der Waals surface area contributed by atoms with E-state index in [4.69, 9.17) is 5.73 Å². The van der Waals surface area contributed by atoms with E-state index in [0.717, 1.165) is 60.5 Å². The molecule has 2 fully saturated rings. The number of hydrogen-bond acceptors (Lipinski definition) is 7. The highest BCUT2D eigenvalue weighted by atomic mass is 16.1. The second kappa shape index (κ2) is 7.14. The first-order valence-corrected chi connectivity index (χ1v) is 11.0. The monoisotopic (exact) mass is 415 g/mol. The summed E-state index contributed by atoms with van der Waals surface area (Å²) in [5.74, 6) is 3.55. The maximum atomic E-state index is 12.8. The molecule has 0 bridgehead atoms. The van der Waals surface area contributed by atoms with E-state index in [1.807, 2.05) is 30.7 Å². The number of aromatic nitrogens is 5. The first-order valence-electron chi connectivity index (χ1n) is 11.0. The Morgan fingerprint density at radius 3 is 2.81 bits per heavy atom. The van der Waals surface area contributed by atoms with Crippen molar-refractivity contribution in [3.63, 3.8) is 0 Å². The minimum atomic E-state index is 0.106.